The molecule has 0 fully saturated rings. The average Bonchev–Trinajstić information content (AvgIpc) is 2.61. The van der Waals surface area contributed by atoms with E-state index in [0.29, 0.717) is 27.9 Å². The summed E-state index contributed by atoms with van der Waals surface area (Å²) in [5.74, 6) is -1.08. The minimum Gasteiger partial charge on any atom is -0.383 e. The topological polar surface area (TPSA) is 115 Å². The molecule has 6 nitrogen and oxygen atoms in total. The molecule has 132 valence electrons. The van der Waals surface area contributed by atoms with Crippen molar-refractivity contribution in [2.24, 2.45) is 5.73 Å². The molecule has 0 bridgehead atoms. The Hall–Kier alpha value is -3.26. The molecule has 0 aliphatic rings. The molecule has 0 aliphatic carbocycles. The minimum atomic E-state index is -0.659. The monoisotopic (exact) mass is 354 g/mol. The predicted molar refractivity (Wildman–Crippen MR) is 94.6 cm³/mol. The van der Waals surface area contributed by atoms with E-state index in [4.69, 9.17) is 16.9 Å². The lowest BCUT2D eigenvalue weighted by Gasteiger charge is -2.15. The van der Waals surface area contributed by atoms with Gasteiger partial charge in [0.25, 0.3) is 0 Å². The van der Waals surface area contributed by atoms with E-state index in [1.807, 2.05) is 0 Å². The standard InChI is InChI=1S/C18H16F2N6/c19-13-1-10(2-14(20)5-13)3-16(22)17-15(8-24-9-26-17)12-4-11(6-21)18(23)25-7-12/h1-2,4-9,16,21H,3,22H2,(H2,23,25). The zero-order valence-corrected chi connectivity index (χ0v) is 13.7. The fourth-order valence-corrected chi connectivity index (χ4v) is 2.69. The summed E-state index contributed by atoms with van der Waals surface area (Å²) in [5.41, 5.74) is 14.6. The van der Waals surface area contributed by atoms with Crippen LogP contribution in [0.2, 0.25) is 0 Å². The van der Waals surface area contributed by atoms with Crippen LogP contribution in [0.15, 0.2) is 43.0 Å². The van der Waals surface area contributed by atoms with Gasteiger partial charge in [-0.1, -0.05) is 0 Å². The number of hydrogen-bond acceptors (Lipinski definition) is 6. The first-order valence-corrected chi connectivity index (χ1v) is 7.74. The van der Waals surface area contributed by atoms with Crippen molar-refractivity contribution in [3.05, 3.63) is 71.4 Å². The quantitative estimate of drug-likeness (QED) is 0.609. The van der Waals surface area contributed by atoms with E-state index in [9.17, 15) is 8.78 Å². The van der Waals surface area contributed by atoms with Gasteiger partial charge in [0, 0.05) is 41.4 Å². The van der Waals surface area contributed by atoms with Crippen molar-refractivity contribution < 1.29 is 8.78 Å². The van der Waals surface area contributed by atoms with Gasteiger partial charge in [-0.25, -0.2) is 23.7 Å². The highest BCUT2D eigenvalue weighted by atomic mass is 19.1. The molecular weight excluding hydrogens is 338 g/mol. The summed E-state index contributed by atoms with van der Waals surface area (Å²) in [5, 5.41) is 7.40. The van der Waals surface area contributed by atoms with Gasteiger partial charge >= 0.3 is 0 Å². The van der Waals surface area contributed by atoms with Crippen LogP contribution >= 0.6 is 0 Å². The number of benzene rings is 1. The maximum atomic E-state index is 13.4. The summed E-state index contributed by atoms with van der Waals surface area (Å²) in [4.78, 5) is 12.3. The van der Waals surface area contributed by atoms with Gasteiger partial charge in [0.2, 0.25) is 0 Å². The Morgan fingerprint density at radius 2 is 1.81 bits per heavy atom. The van der Waals surface area contributed by atoms with Crippen LogP contribution < -0.4 is 11.5 Å². The summed E-state index contributed by atoms with van der Waals surface area (Å²) < 4.78 is 26.8. The lowest BCUT2D eigenvalue weighted by Crippen LogP contribution is -2.17. The van der Waals surface area contributed by atoms with Crippen molar-refractivity contribution in [1.29, 1.82) is 5.41 Å². The number of aromatic nitrogens is 3. The number of rotatable bonds is 5. The number of nitrogens with one attached hydrogen (secondary N) is 1. The van der Waals surface area contributed by atoms with E-state index in [0.717, 1.165) is 12.3 Å². The number of hydrogen-bond donors (Lipinski definition) is 3. The van der Waals surface area contributed by atoms with Gasteiger partial charge in [-0.15, -0.1) is 0 Å². The molecule has 1 aromatic carbocycles. The Morgan fingerprint density at radius 3 is 2.50 bits per heavy atom. The van der Waals surface area contributed by atoms with E-state index in [2.05, 4.69) is 15.0 Å². The second kappa shape index (κ2) is 7.32. The molecule has 3 rings (SSSR count). The number of halogens is 2. The van der Waals surface area contributed by atoms with E-state index in [1.165, 1.54) is 18.5 Å². The number of nitrogen functional groups attached to an aromatic ring is 1. The van der Waals surface area contributed by atoms with Crippen LogP contribution in [0.1, 0.15) is 22.9 Å². The zero-order chi connectivity index (χ0) is 18.7. The molecule has 0 amide bonds. The molecule has 5 N–H and O–H groups in total. The Labute approximate surface area is 148 Å². The van der Waals surface area contributed by atoms with Crippen LogP contribution in [0, 0.1) is 17.0 Å². The highest BCUT2D eigenvalue weighted by molar-refractivity contribution is 5.86. The Morgan fingerprint density at radius 1 is 1.08 bits per heavy atom. The SMILES string of the molecule is N=Cc1cc(-c2cncnc2C(N)Cc2cc(F)cc(F)c2)cnc1N. The minimum absolute atomic E-state index is 0.193. The molecule has 1 atom stereocenters. The highest BCUT2D eigenvalue weighted by Crippen LogP contribution is 2.28. The molecule has 0 radical (unpaired) electrons. The fraction of sp³-hybridized carbons (Fsp3) is 0.111. The summed E-state index contributed by atoms with van der Waals surface area (Å²) in [6.45, 7) is 0. The molecule has 0 saturated carbocycles. The van der Waals surface area contributed by atoms with Crippen molar-refractivity contribution in [3.63, 3.8) is 0 Å². The molecule has 0 aliphatic heterocycles. The van der Waals surface area contributed by atoms with Gasteiger partial charge in [-0.2, -0.15) is 0 Å². The molecule has 2 aromatic heterocycles. The Bertz CT molecular complexity index is 940. The van der Waals surface area contributed by atoms with Crippen molar-refractivity contribution in [1.82, 2.24) is 15.0 Å². The maximum absolute atomic E-state index is 13.4. The fourth-order valence-electron chi connectivity index (χ4n) is 2.69. The summed E-state index contributed by atoms with van der Waals surface area (Å²) in [6.07, 6.45) is 5.77. The first-order chi connectivity index (χ1) is 12.5. The lowest BCUT2D eigenvalue weighted by molar-refractivity contribution is 0.575. The van der Waals surface area contributed by atoms with E-state index < -0.39 is 17.7 Å². The van der Waals surface area contributed by atoms with Gasteiger partial charge in [0.15, 0.2) is 0 Å². The Kier molecular flexibility index (Phi) is 4.94. The lowest BCUT2D eigenvalue weighted by atomic mass is 9.97. The van der Waals surface area contributed by atoms with Gasteiger partial charge in [0.05, 0.1) is 11.7 Å². The van der Waals surface area contributed by atoms with Crippen molar-refractivity contribution >= 4 is 12.0 Å². The van der Waals surface area contributed by atoms with Crippen LogP contribution in [0.4, 0.5) is 14.6 Å². The Balaban J connectivity index is 1.97. The molecule has 2 heterocycles. The van der Waals surface area contributed by atoms with Crippen LogP contribution in [-0.2, 0) is 6.42 Å². The third-order valence-electron chi connectivity index (χ3n) is 3.89. The van der Waals surface area contributed by atoms with E-state index in [-0.39, 0.29) is 12.2 Å². The van der Waals surface area contributed by atoms with Gasteiger partial charge < -0.3 is 16.9 Å². The first kappa shape index (κ1) is 17.6. The number of anilines is 1. The van der Waals surface area contributed by atoms with Crippen LogP contribution in [0.3, 0.4) is 0 Å². The van der Waals surface area contributed by atoms with E-state index in [1.54, 1.807) is 18.5 Å². The number of nitrogens with zero attached hydrogens (tertiary/aromatic N) is 3. The molecule has 0 saturated heterocycles. The number of pyridine rings is 1. The zero-order valence-electron chi connectivity index (χ0n) is 13.7. The highest BCUT2D eigenvalue weighted by Gasteiger charge is 2.17. The van der Waals surface area contributed by atoms with Crippen molar-refractivity contribution in [2.45, 2.75) is 12.5 Å². The van der Waals surface area contributed by atoms with Gasteiger partial charge in [-0.3, -0.25) is 0 Å². The smallest absolute Gasteiger partial charge is 0.132 e. The second-order valence-electron chi connectivity index (χ2n) is 5.75. The predicted octanol–water partition coefficient (Wildman–Crippen LogP) is 2.64. The van der Waals surface area contributed by atoms with Crippen molar-refractivity contribution in [2.75, 3.05) is 5.73 Å². The molecule has 3 aromatic rings. The third-order valence-corrected chi connectivity index (χ3v) is 3.89. The molecule has 1 unspecified atom stereocenters. The van der Waals surface area contributed by atoms with Crippen molar-refractivity contribution in [3.8, 4) is 11.1 Å². The molecule has 8 heteroatoms. The molecule has 0 spiro atoms. The summed E-state index contributed by atoms with van der Waals surface area (Å²) in [6, 6.07) is 4.36. The second-order valence-corrected chi connectivity index (χ2v) is 5.75. The maximum Gasteiger partial charge on any atom is 0.132 e. The van der Waals surface area contributed by atoms with E-state index >= 15 is 0 Å². The summed E-state index contributed by atoms with van der Waals surface area (Å²) >= 11 is 0. The normalized spacial score (nSPS) is 12.0. The first-order valence-electron chi connectivity index (χ1n) is 7.74. The largest absolute Gasteiger partial charge is 0.383 e. The molecular formula is C18H16F2N6. The van der Waals surface area contributed by atoms with Crippen LogP contribution in [-0.4, -0.2) is 21.2 Å². The summed E-state index contributed by atoms with van der Waals surface area (Å²) in [7, 11) is 0. The third kappa shape index (κ3) is 3.70. The van der Waals surface area contributed by atoms with Gasteiger partial charge in [0.1, 0.15) is 23.8 Å². The molecule has 26 heavy (non-hydrogen) atoms. The van der Waals surface area contributed by atoms with Crippen LogP contribution in [0.5, 0.6) is 0 Å². The number of nitrogens with two attached hydrogens (primary N) is 2. The van der Waals surface area contributed by atoms with Gasteiger partial charge in [-0.05, 0) is 30.2 Å². The van der Waals surface area contributed by atoms with Crippen LogP contribution in [0.25, 0.3) is 11.1 Å². The average molecular weight is 354 g/mol.